The summed E-state index contributed by atoms with van der Waals surface area (Å²) >= 11 is 0. The lowest BCUT2D eigenvalue weighted by Crippen LogP contribution is -2.63. The number of aliphatic hydroxyl groups is 2. The van der Waals surface area contributed by atoms with Gasteiger partial charge in [0.15, 0.2) is 0 Å². The number of nitrogens with zero attached hydrogens (tertiary/aromatic N) is 7. The van der Waals surface area contributed by atoms with E-state index in [1.54, 1.807) is 53.7 Å². The van der Waals surface area contributed by atoms with Crippen LogP contribution in [0.15, 0.2) is 12.2 Å². The van der Waals surface area contributed by atoms with E-state index in [4.69, 9.17) is 0 Å². The molecule has 1 rings (SSSR count). The van der Waals surface area contributed by atoms with E-state index >= 15 is 9.59 Å². The highest BCUT2D eigenvalue weighted by atomic mass is 16.3. The second-order valence-corrected chi connectivity index (χ2v) is 26.2. The third kappa shape index (κ3) is 21.9. The fraction of sp³-hybridized carbons (Fsp3) is 0.790. The maximum absolute atomic E-state index is 15.1. The maximum atomic E-state index is 15.1. The van der Waals surface area contributed by atoms with Crippen LogP contribution < -0.4 is 21.3 Å². The topological polar surface area (TPSA) is 299 Å². The molecule has 0 unspecified atom stereocenters. The van der Waals surface area contributed by atoms with Gasteiger partial charge in [0.2, 0.25) is 65.0 Å². The van der Waals surface area contributed by atoms with Gasteiger partial charge in [0.1, 0.15) is 60.4 Å². The predicted octanol–water partition coefficient (Wildman–Crippen LogP) is 2.24. The molecule has 1 aliphatic rings. The van der Waals surface area contributed by atoms with Crippen LogP contribution in [0.1, 0.15) is 149 Å². The maximum Gasteiger partial charge on any atom is 0.246 e. The molecule has 1 saturated heterocycles. The largest absolute Gasteiger partial charge is 0.396 e. The number of hydrogen-bond donors (Lipinski definition) is 6. The van der Waals surface area contributed by atoms with Crippen molar-refractivity contribution in [2.75, 3.05) is 62.5 Å². The van der Waals surface area contributed by atoms with Crippen LogP contribution in [0.3, 0.4) is 0 Å². The van der Waals surface area contributed by atoms with Gasteiger partial charge in [-0.2, -0.15) is 0 Å². The Kier molecular flexibility index (Phi) is 32.2. The molecule has 0 spiro atoms. The molecular formula is C62H111N11O13. The van der Waals surface area contributed by atoms with Gasteiger partial charge in [-0.15, -0.1) is 0 Å². The number of rotatable bonds is 16. The number of amides is 11. The normalized spacial score (nSPS) is 26.7. The summed E-state index contributed by atoms with van der Waals surface area (Å²) in [6, 6.07) is -12.8. The zero-order valence-corrected chi connectivity index (χ0v) is 56.2. The lowest BCUT2D eigenvalue weighted by molar-refractivity contribution is -0.157. The summed E-state index contributed by atoms with van der Waals surface area (Å²) in [6.07, 6.45) is 2.44. The molecule has 0 radical (unpaired) electrons. The van der Waals surface area contributed by atoms with E-state index < -0.39 is 162 Å². The van der Waals surface area contributed by atoms with Gasteiger partial charge in [-0.1, -0.05) is 102 Å². The number of likely N-dealkylation sites (N-methyl/N-ethyl adjacent to an activating group) is 7. The molecule has 1 heterocycles. The number of carbonyl (C=O) groups excluding carboxylic acids is 11. The van der Waals surface area contributed by atoms with Crippen LogP contribution in [-0.4, -0.2) is 238 Å². The molecule has 86 heavy (non-hydrogen) atoms. The first kappa shape index (κ1) is 77.8. The zero-order chi connectivity index (χ0) is 66.7. The monoisotopic (exact) mass is 1220 g/mol. The Hall–Kier alpha value is -6.17. The molecule has 12 atom stereocenters. The molecule has 0 aliphatic carbocycles. The molecule has 24 heteroatoms. The lowest BCUT2D eigenvalue weighted by Gasteiger charge is -2.41. The van der Waals surface area contributed by atoms with Crippen molar-refractivity contribution in [1.82, 2.24) is 55.6 Å². The summed E-state index contributed by atoms with van der Waals surface area (Å²) in [5, 5.41) is 33.2. The Labute approximate surface area is 513 Å². The average molecular weight is 1220 g/mol. The highest BCUT2D eigenvalue weighted by Gasteiger charge is 2.46. The average Bonchev–Trinajstić information content (AvgIpc) is 3.10. The fourth-order valence-electron chi connectivity index (χ4n) is 10.7. The molecule has 0 saturated carbocycles. The third-order valence-electron chi connectivity index (χ3n) is 16.1. The SMILES string of the molecule is C/C=C/C[C@@H](C)[C@@H](O)[C@H]1C(=O)N[C@@H](CCO)C(=O)N(C)CC(=O)N(C)[C@@H](CC(C)C)C(=O)N[C@@H](C(C)C)C(=O)N(C)[C@@H](CC(C)C)C(=O)N[C@@H](C)C(=O)N[C@H](C)C(=O)N(C)[C@@H](CC(C)C)C(=O)N(C)[C@@H](CC(C)C)C(=O)N(C)[C@@H](C(C)C)C(=O)N1C. The Morgan fingerprint density at radius 2 is 0.884 bits per heavy atom. The van der Waals surface area contributed by atoms with Crippen molar-refractivity contribution in [3.8, 4) is 0 Å². The molecule has 0 aromatic rings. The van der Waals surface area contributed by atoms with Gasteiger partial charge >= 0.3 is 0 Å². The lowest BCUT2D eigenvalue weighted by atomic mass is 9.91. The summed E-state index contributed by atoms with van der Waals surface area (Å²) in [7, 11) is 9.71. The van der Waals surface area contributed by atoms with Crippen LogP contribution in [0.5, 0.6) is 0 Å². The van der Waals surface area contributed by atoms with Gasteiger partial charge in [0, 0.05) is 55.9 Å². The number of aliphatic hydroxyl groups excluding tert-OH is 2. The third-order valence-corrected chi connectivity index (χ3v) is 16.1. The van der Waals surface area contributed by atoms with Gasteiger partial charge < -0.3 is 65.8 Å². The summed E-state index contributed by atoms with van der Waals surface area (Å²) < 4.78 is 0. The van der Waals surface area contributed by atoms with Crippen LogP contribution in [0.2, 0.25) is 0 Å². The summed E-state index contributed by atoms with van der Waals surface area (Å²) in [4.78, 5) is 168. The molecule has 0 aromatic heterocycles. The van der Waals surface area contributed by atoms with Gasteiger partial charge in [0.25, 0.3) is 0 Å². The van der Waals surface area contributed by atoms with Gasteiger partial charge in [-0.3, -0.25) is 52.7 Å². The quantitative estimate of drug-likeness (QED) is 0.121. The smallest absolute Gasteiger partial charge is 0.246 e. The van der Waals surface area contributed by atoms with Gasteiger partial charge in [-0.25, -0.2) is 0 Å². The van der Waals surface area contributed by atoms with Crippen molar-refractivity contribution < 1.29 is 63.0 Å². The molecule has 11 amide bonds. The van der Waals surface area contributed by atoms with E-state index in [2.05, 4.69) is 21.3 Å². The molecular weight excluding hydrogens is 1110 g/mol. The van der Waals surface area contributed by atoms with Crippen molar-refractivity contribution in [3.05, 3.63) is 12.2 Å². The molecule has 6 N–H and O–H groups in total. The standard InChI is InChI=1S/C62H111N11O13/c1-24-25-26-40(14)52(76)51-56(80)65-43(27-28-74)58(82)67(17)33-48(75)68(18)44(29-34(2)3)55(79)66-49(38(10)11)61(85)69(19)45(30-35(4)5)54(78)63-41(15)53(77)64-42(16)57(81)70(20)46(31-36(6)7)59(83)71(21)47(32-37(8)9)60(84)72(22)50(39(12)13)62(86)73(51)23/h24-25,34-47,49-52,74,76H,26-33H2,1-23H3,(H,63,78)(H,64,77)(H,65,80)(H,66,79)/b25-24+/t40-,41+,42-,43+,44+,45+,46+,47+,49+,50+,51+,52-/m1/s1. The second-order valence-electron chi connectivity index (χ2n) is 26.2. The molecule has 0 aromatic carbocycles. The number of allylic oxidation sites excluding steroid dienone is 2. The van der Waals surface area contributed by atoms with E-state index in [9.17, 15) is 53.4 Å². The van der Waals surface area contributed by atoms with Crippen LogP contribution in [0.25, 0.3) is 0 Å². The molecule has 492 valence electrons. The first-order valence-corrected chi connectivity index (χ1v) is 30.7. The number of hydrogen-bond acceptors (Lipinski definition) is 13. The van der Waals surface area contributed by atoms with E-state index in [0.717, 1.165) is 9.80 Å². The Balaban J connectivity index is 4.36. The Bertz CT molecular complexity index is 2350. The van der Waals surface area contributed by atoms with E-state index in [-0.39, 0.29) is 62.2 Å². The van der Waals surface area contributed by atoms with Crippen LogP contribution >= 0.6 is 0 Å². The van der Waals surface area contributed by atoms with E-state index in [1.165, 1.54) is 87.7 Å². The minimum absolute atomic E-state index is 0.124. The minimum atomic E-state index is -1.69. The zero-order valence-electron chi connectivity index (χ0n) is 56.2. The molecule has 1 aliphatic heterocycles. The van der Waals surface area contributed by atoms with Crippen LogP contribution in [0.4, 0.5) is 0 Å². The van der Waals surface area contributed by atoms with Gasteiger partial charge in [-0.05, 0) is 101 Å². The summed E-state index contributed by atoms with van der Waals surface area (Å²) in [5.74, 6) is -10.4. The second kappa shape index (κ2) is 35.6. The minimum Gasteiger partial charge on any atom is -0.396 e. The van der Waals surface area contributed by atoms with Crippen LogP contribution in [0, 0.1) is 41.4 Å². The van der Waals surface area contributed by atoms with E-state index in [1.807, 2.05) is 55.4 Å². The first-order valence-electron chi connectivity index (χ1n) is 30.7. The van der Waals surface area contributed by atoms with Crippen molar-refractivity contribution in [2.45, 2.75) is 216 Å². The van der Waals surface area contributed by atoms with Crippen LogP contribution in [-0.2, 0) is 52.7 Å². The van der Waals surface area contributed by atoms with Crippen molar-refractivity contribution in [3.63, 3.8) is 0 Å². The molecule has 0 bridgehead atoms. The predicted molar refractivity (Wildman–Crippen MR) is 330 cm³/mol. The van der Waals surface area contributed by atoms with Crippen molar-refractivity contribution in [2.24, 2.45) is 41.4 Å². The Morgan fingerprint density at radius 1 is 0.465 bits per heavy atom. The highest BCUT2D eigenvalue weighted by Crippen LogP contribution is 2.26. The summed E-state index contributed by atoms with van der Waals surface area (Å²) in [5.41, 5.74) is 0. The highest BCUT2D eigenvalue weighted by molar-refractivity contribution is 5.99. The number of nitrogens with one attached hydrogen (secondary N) is 4. The van der Waals surface area contributed by atoms with Crippen molar-refractivity contribution in [1.29, 1.82) is 0 Å². The van der Waals surface area contributed by atoms with Crippen molar-refractivity contribution >= 4 is 65.0 Å². The first-order chi connectivity index (χ1) is 39.7. The molecule has 1 fully saturated rings. The summed E-state index contributed by atoms with van der Waals surface area (Å²) in [6.45, 7) is 26.7. The Morgan fingerprint density at radius 3 is 1.34 bits per heavy atom. The van der Waals surface area contributed by atoms with Gasteiger partial charge in [0.05, 0.1) is 12.6 Å². The number of carbonyl (C=O) groups is 11. The fourth-order valence-corrected chi connectivity index (χ4v) is 10.7. The molecule has 24 nitrogen and oxygen atoms in total. The van der Waals surface area contributed by atoms with E-state index in [0.29, 0.717) is 0 Å².